The minimum absolute atomic E-state index is 0.0500. The van der Waals surface area contributed by atoms with Crippen molar-refractivity contribution in [3.8, 4) is 0 Å². The van der Waals surface area contributed by atoms with Crippen LogP contribution < -0.4 is 4.90 Å². The van der Waals surface area contributed by atoms with Crippen LogP contribution in [0.4, 0.5) is 5.69 Å². The lowest BCUT2D eigenvalue weighted by atomic mass is 9.36. The number of nitrogens with zero attached hydrogens (tertiary/aromatic N) is 1. The summed E-state index contributed by atoms with van der Waals surface area (Å²) in [4.78, 5) is 27.7. The molecule has 1 aliphatic heterocycles. The van der Waals surface area contributed by atoms with Crippen LogP contribution in [0.5, 0.6) is 0 Å². The van der Waals surface area contributed by atoms with Crippen LogP contribution in [0.15, 0.2) is 18.2 Å². The van der Waals surface area contributed by atoms with Crippen molar-refractivity contribution in [2.75, 3.05) is 25.6 Å². The van der Waals surface area contributed by atoms with Gasteiger partial charge in [0.2, 0.25) is 0 Å². The summed E-state index contributed by atoms with van der Waals surface area (Å²) in [7, 11) is 4.22. The summed E-state index contributed by atoms with van der Waals surface area (Å²) < 4.78 is 0. The summed E-state index contributed by atoms with van der Waals surface area (Å²) in [6.07, 6.45) is 10.1. The molecule has 1 saturated heterocycles. The Kier molecular flexibility index (Phi) is 5.42. The Morgan fingerprint density at radius 3 is 2.66 bits per heavy atom. The first-order valence-corrected chi connectivity index (χ1v) is 15.3. The Bertz CT molecular complexity index is 1160. The molecule has 1 unspecified atom stereocenters. The van der Waals surface area contributed by atoms with Crippen molar-refractivity contribution in [1.29, 1.82) is 0 Å². The molecule has 5 nitrogen and oxygen atoms in total. The number of benzene rings is 1. The van der Waals surface area contributed by atoms with Crippen molar-refractivity contribution in [3.63, 3.8) is 0 Å². The second-order valence-electron chi connectivity index (χ2n) is 15.3. The molecule has 0 aromatic heterocycles. The van der Waals surface area contributed by atoms with E-state index in [0.29, 0.717) is 42.5 Å². The minimum Gasteiger partial charge on any atom is -0.389 e. The number of carbonyl (C=O) groups excluding carboxylic acids is 1. The molecule has 1 N–H and O–H groups in total. The van der Waals surface area contributed by atoms with Crippen molar-refractivity contribution in [2.24, 2.45) is 34.0 Å². The molecular weight excluding hydrogens is 474 g/mol. The molecule has 8 atom stereocenters. The molecule has 1 heterocycles. The molecule has 0 bridgehead atoms. The molecule has 5 aliphatic carbocycles. The van der Waals surface area contributed by atoms with E-state index in [1.54, 1.807) is 0 Å². The third kappa shape index (κ3) is 3.25. The molecule has 208 valence electrons. The molecular formula is C33H47NO4. The van der Waals surface area contributed by atoms with Crippen LogP contribution in [0.2, 0.25) is 0 Å². The zero-order valence-corrected chi connectivity index (χ0v) is 24.1. The van der Waals surface area contributed by atoms with Crippen molar-refractivity contribution < 1.29 is 19.7 Å². The molecule has 0 radical (unpaired) electrons. The van der Waals surface area contributed by atoms with Gasteiger partial charge in [0, 0.05) is 43.5 Å². The van der Waals surface area contributed by atoms with Crippen LogP contribution in [0.3, 0.4) is 0 Å². The average molecular weight is 522 g/mol. The summed E-state index contributed by atoms with van der Waals surface area (Å²) in [5.74, 6) is 2.31. The second-order valence-corrected chi connectivity index (χ2v) is 15.3. The lowest BCUT2D eigenvalue weighted by Crippen LogP contribution is -2.70. The van der Waals surface area contributed by atoms with Gasteiger partial charge in [-0.05, 0) is 110 Å². The lowest BCUT2D eigenvalue weighted by Gasteiger charge is -2.70. The Morgan fingerprint density at radius 1 is 1.11 bits per heavy atom. The molecule has 5 fully saturated rings. The molecule has 5 heteroatoms. The molecule has 2 spiro atoms. The van der Waals surface area contributed by atoms with E-state index in [9.17, 15) is 9.90 Å². The van der Waals surface area contributed by atoms with Crippen LogP contribution >= 0.6 is 0 Å². The quantitative estimate of drug-likeness (QED) is 0.469. The van der Waals surface area contributed by atoms with Gasteiger partial charge in [-0.3, -0.25) is 4.79 Å². The van der Waals surface area contributed by atoms with Gasteiger partial charge in [-0.1, -0.05) is 26.8 Å². The van der Waals surface area contributed by atoms with Gasteiger partial charge in [-0.25, -0.2) is 9.78 Å². The highest BCUT2D eigenvalue weighted by molar-refractivity contribution is 5.87. The van der Waals surface area contributed by atoms with E-state index in [1.807, 2.05) is 0 Å². The van der Waals surface area contributed by atoms with E-state index in [-0.39, 0.29) is 16.2 Å². The highest BCUT2D eigenvalue weighted by Gasteiger charge is 2.72. The van der Waals surface area contributed by atoms with Crippen molar-refractivity contribution in [3.05, 3.63) is 29.3 Å². The summed E-state index contributed by atoms with van der Waals surface area (Å²) in [6.45, 7) is 7.40. The summed E-state index contributed by atoms with van der Waals surface area (Å²) in [6, 6.07) is 7.04. The topological polar surface area (TPSA) is 59.0 Å². The number of carbonyl (C=O) groups is 1. The van der Waals surface area contributed by atoms with Gasteiger partial charge in [-0.2, -0.15) is 0 Å². The van der Waals surface area contributed by atoms with E-state index in [4.69, 9.17) is 9.78 Å². The number of aliphatic hydroxyl groups is 1. The van der Waals surface area contributed by atoms with Gasteiger partial charge in [-0.15, -0.1) is 0 Å². The number of fused-ring (bicyclic) bond motifs is 4. The zero-order chi connectivity index (χ0) is 26.7. The fraction of sp³-hybridized carbons (Fsp3) is 0.788. The van der Waals surface area contributed by atoms with Gasteiger partial charge in [0.25, 0.3) is 0 Å². The second kappa shape index (κ2) is 8.07. The number of hydrogen-bond acceptors (Lipinski definition) is 5. The predicted octanol–water partition coefficient (Wildman–Crippen LogP) is 6.22. The van der Waals surface area contributed by atoms with Crippen LogP contribution in [-0.4, -0.2) is 42.8 Å². The van der Waals surface area contributed by atoms with E-state index in [1.165, 1.54) is 16.8 Å². The van der Waals surface area contributed by atoms with Crippen LogP contribution in [0.25, 0.3) is 0 Å². The molecule has 6 aliphatic rings. The maximum Gasteiger partial charge on any atom is 0.139 e. The van der Waals surface area contributed by atoms with Crippen molar-refractivity contribution in [1.82, 2.24) is 0 Å². The molecule has 1 aromatic rings. The van der Waals surface area contributed by atoms with Crippen molar-refractivity contribution >= 4 is 11.5 Å². The predicted molar refractivity (Wildman–Crippen MR) is 148 cm³/mol. The highest BCUT2D eigenvalue weighted by Crippen LogP contribution is 2.74. The normalized spacial score (nSPS) is 46.6. The van der Waals surface area contributed by atoms with Crippen LogP contribution in [-0.2, 0) is 21.0 Å². The first-order chi connectivity index (χ1) is 18.0. The van der Waals surface area contributed by atoms with E-state index >= 15 is 0 Å². The Hall–Kier alpha value is -1.43. The third-order valence-electron chi connectivity index (χ3n) is 12.7. The summed E-state index contributed by atoms with van der Waals surface area (Å²) >= 11 is 0. The van der Waals surface area contributed by atoms with Gasteiger partial charge in [0.15, 0.2) is 0 Å². The Balaban J connectivity index is 1.37. The fourth-order valence-electron chi connectivity index (χ4n) is 11.3. The maximum atomic E-state index is 13.6. The molecule has 4 saturated carbocycles. The SMILES string of the molecule is CC[C@]12C[C@@H]3c4ccc(N(C)C)cc4C[C@]45CCC6(CC(C)(C)COO6)C[C@]4(O)CC[C@H]([C@H]35)[C@@H]1CCC2=O. The standard InChI is InChI=1S/C33H47NO4/c1-6-31-17-25-23-8-7-22(34(4)5)15-21(23)16-32-14-13-30(18-29(2,3)20-37-38-30)19-33(32,36)12-11-24(28(25)32)26(31)9-10-27(31)35/h7-8,15,24-26,28,36H,6,9-14,16-20H2,1-5H3/t24-,25+,26-,28+,30?,31-,32-,33+/m0/s1. The smallest absolute Gasteiger partial charge is 0.139 e. The molecule has 38 heavy (non-hydrogen) atoms. The Labute approximate surface area is 228 Å². The minimum atomic E-state index is -0.776. The van der Waals surface area contributed by atoms with Crippen LogP contribution in [0.1, 0.15) is 102 Å². The van der Waals surface area contributed by atoms with E-state index in [0.717, 1.165) is 64.2 Å². The van der Waals surface area contributed by atoms with Gasteiger partial charge in [0.1, 0.15) is 11.4 Å². The number of ketones is 1. The zero-order valence-electron chi connectivity index (χ0n) is 24.1. The molecule has 0 amide bonds. The fourth-order valence-corrected chi connectivity index (χ4v) is 11.3. The maximum absolute atomic E-state index is 13.6. The van der Waals surface area contributed by atoms with Gasteiger partial charge >= 0.3 is 0 Å². The Morgan fingerprint density at radius 2 is 1.92 bits per heavy atom. The van der Waals surface area contributed by atoms with Gasteiger partial charge < -0.3 is 10.0 Å². The van der Waals surface area contributed by atoms with Gasteiger partial charge in [0.05, 0.1) is 12.2 Å². The van der Waals surface area contributed by atoms with Crippen LogP contribution in [0, 0.1) is 34.0 Å². The highest BCUT2D eigenvalue weighted by atomic mass is 17.2. The lowest BCUT2D eigenvalue weighted by molar-refractivity contribution is -0.425. The number of rotatable bonds is 2. The number of Topliss-reactive ketones (excluding diaryl/α,β-unsaturated/α-hetero) is 1. The monoisotopic (exact) mass is 521 g/mol. The summed E-state index contributed by atoms with van der Waals surface area (Å²) in [5.41, 5.74) is 2.63. The summed E-state index contributed by atoms with van der Waals surface area (Å²) in [5, 5.41) is 12.9. The molecule has 7 rings (SSSR count). The number of hydrogen-bond donors (Lipinski definition) is 1. The van der Waals surface area contributed by atoms with Crippen molar-refractivity contribution in [2.45, 2.75) is 109 Å². The van der Waals surface area contributed by atoms with E-state index < -0.39 is 11.2 Å². The largest absolute Gasteiger partial charge is 0.389 e. The first kappa shape index (κ1) is 25.5. The van der Waals surface area contributed by atoms with E-state index in [2.05, 4.69) is 58.0 Å². The average Bonchev–Trinajstić information content (AvgIpc) is 3.20. The first-order valence-electron chi connectivity index (χ1n) is 15.3. The molecule has 1 aromatic carbocycles. The number of anilines is 1. The third-order valence-corrected chi connectivity index (χ3v) is 12.7.